The fourth-order valence-corrected chi connectivity index (χ4v) is 2.34. The molecule has 0 radical (unpaired) electrons. The number of benzene rings is 1. The summed E-state index contributed by atoms with van der Waals surface area (Å²) in [6.07, 6.45) is 2.88. The highest BCUT2D eigenvalue weighted by atomic mass is 16.6. The molecule has 6 heteroatoms. The van der Waals surface area contributed by atoms with Gasteiger partial charge in [0.25, 0.3) is 5.69 Å². The highest BCUT2D eigenvalue weighted by Crippen LogP contribution is 2.24. The van der Waals surface area contributed by atoms with Crippen LogP contribution in [0.15, 0.2) is 30.5 Å². The van der Waals surface area contributed by atoms with Gasteiger partial charge in [-0.25, -0.2) is 4.98 Å². The van der Waals surface area contributed by atoms with Crippen LogP contribution in [0.25, 0.3) is 11.3 Å². The molecule has 0 aliphatic carbocycles. The molecule has 1 atom stereocenters. The lowest BCUT2D eigenvalue weighted by molar-refractivity contribution is -0.384. The molecule has 0 bridgehead atoms. The third-order valence-corrected chi connectivity index (χ3v) is 3.43. The van der Waals surface area contributed by atoms with E-state index in [0.717, 1.165) is 36.6 Å². The summed E-state index contributed by atoms with van der Waals surface area (Å²) in [7, 11) is 0. The van der Waals surface area contributed by atoms with Crippen LogP contribution in [0.3, 0.4) is 0 Å². The van der Waals surface area contributed by atoms with Crippen LogP contribution in [0.5, 0.6) is 0 Å². The van der Waals surface area contributed by atoms with Gasteiger partial charge in [-0.1, -0.05) is 0 Å². The Bertz CT molecular complexity index is 585. The van der Waals surface area contributed by atoms with Crippen molar-refractivity contribution in [3.05, 3.63) is 46.4 Å². The molecule has 1 aliphatic rings. The number of nitro groups is 1. The highest BCUT2D eigenvalue weighted by Gasteiger charge is 2.19. The molecule has 19 heavy (non-hydrogen) atoms. The van der Waals surface area contributed by atoms with Gasteiger partial charge < -0.3 is 10.3 Å². The van der Waals surface area contributed by atoms with Crippen molar-refractivity contribution < 1.29 is 4.92 Å². The lowest BCUT2D eigenvalue weighted by atomic mass is 10.1. The lowest BCUT2D eigenvalue weighted by Gasteiger charge is -2.03. The van der Waals surface area contributed by atoms with E-state index in [9.17, 15) is 10.1 Å². The maximum absolute atomic E-state index is 10.6. The third kappa shape index (κ3) is 2.34. The zero-order valence-electron chi connectivity index (χ0n) is 10.3. The fraction of sp³-hybridized carbons (Fsp3) is 0.308. The summed E-state index contributed by atoms with van der Waals surface area (Å²) in [5, 5.41) is 13.9. The summed E-state index contributed by atoms with van der Waals surface area (Å²) in [6, 6.07) is 6.49. The van der Waals surface area contributed by atoms with E-state index < -0.39 is 4.92 Å². The van der Waals surface area contributed by atoms with E-state index in [1.165, 1.54) is 12.1 Å². The monoisotopic (exact) mass is 258 g/mol. The Kier molecular flexibility index (Phi) is 3.00. The first kappa shape index (κ1) is 11.9. The molecule has 0 saturated carbocycles. The number of hydrogen-bond donors (Lipinski definition) is 2. The molecule has 2 N–H and O–H groups in total. The lowest BCUT2D eigenvalue weighted by Crippen LogP contribution is -2.08. The molecular weight excluding hydrogens is 244 g/mol. The molecule has 0 spiro atoms. The molecule has 6 nitrogen and oxygen atoms in total. The molecule has 1 fully saturated rings. The van der Waals surface area contributed by atoms with Gasteiger partial charge in [0.2, 0.25) is 0 Å². The number of nitrogens with one attached hydrogen (secondary N) is 2. The first-order valence-electron chi connectivity index (χ1n) is 6.24. The Labute approximate surface area is 110 Å². The molecule has 1 saturated heterocycles. The second-order valence-corrected chi connectivity index (χ2v) is 4.68. The molecule has 1 aromatic heterocycles. The van der Waals surface area contributed by atoms with Crippen molar-refractivity contribution in [3.63, 3.8) is 0 Å². The topological polar surface area (TPSA) is 83.8 Å². The van der Waals surface area contributed by atoms with Crippen LogP contribution in [0.4, 0.5) is 5.69 Å². The van der Waals surface area contributed by atoms with E-state index in [1.807, 2.05) is 0 Å². The van der Waals surface area contributed by atoms with Crippen molar-refractivity contribution >= 4 is 5.69 Å². The van der Waals surface area contributed by atoms with Crippen LogP contribution in [0.1, 0.15) is 18.2 Å². The number of H-pyrrole nitrogens is 1. The first-order valence-corrected chi connectivity index (χ1v) is 6.24. The van der Waals surface area contributed by atoms with Gasteiger partial charge in [0, 0.05) is 30.2 Å². The summed E-state index contributed by atoms with van der Waals surface area (Å²) < 4.78 is 0. The van der Waals surface area contributed by atoms with E-state index >= 15 is 0 Å². The number of rotatable bonds is 3. The Hall–Kier alpha value is -2.21. The summed E-state index contributed by atoms with van der Waals surface area (Å²) >= 11 is 0. The molecule has 2 aromatic rings. The molecule has 0 amide bonds. The Morgan fingerprint density at radius 1 is 1.32 bits per heavy atom. The standard InChI is InChI=1S/C13H14N4O2/c18-17(19)11-3-1-9(2-4-11)12-8-15-13(16-12)10-5-6-14-7-10/h1-4,8,10,14H,5-7H2,(H,15,16). The van der Waals surface area contributed by atoms with E-state index in [2.05, 4.69) is 15.3 Å². The molecule has 98 valence electrons. The van der Waals surface area contributed by atoms with E-state index in [1.54, 1.807) is 18.3 Å². The van der Waals surface area contributed by atoms with Gasteiger partial charge in [-0.2, -0.15) is 0 Å². The number of nitro benzene ring substituents is 1. The minimum absolute atomic E-state index is 0.100. The van der Waals surface area contributed by atoms with E-state index in [4.69, 9.17) is 0 Å². The van der Waals surface area contributed by atoms with Crippen LogP contribution < -0.4 is 5.32 Å². The molecule has 2 heterocycles. The maximum Gasteiger partial charge on any atom is 0.269 e. The number of imidazole rings is 1. The van der Waals surface area contributed by atoms with Gasteiger partial charge >= 0.3 is 0 Å². The largest absolute Gasteiger partial charge is 0.342 e. The maximum atomic E-state index is 10.6. The number of hydrogen-bond acceptors (Lipinski definition) is 4. The normalized spacial score (nSPS) is 18.6. The van der Waals surface area contributed by atoms with Crippen LogP contribution in [0, 0.1) is 10.1 Å². The van der Waals surface area contributed by atoms with Crippen molar-refractivity contribution in [2.75, 3.05) is 13.1 Å². The fourth-order valence-electron chi connectivity index (χ4n) is 2.34. The van der Waals surface area contributed by atoms with Crippen molar-refractivity contribution in [2.45, 2.75) is 12.3 Å². The summed E-state index contributed by atoms with van der Waals surface area (Å²) in [6.45, 7) is 1.98. The van der Waals surface area contributed by atoms with Gasteiger partial charge in [0.1, 0.15) is 5.82 Å². The minimum Gasteiger partial charge on any atom is -0.342 e. The number of non-ortho nitro benzene ring substituents is 1. The van der Waals surface area contributed by atoms with Crippen molar-refractivity contribution in [1.82, 2.24) is 15.3 Å². The molecule has 1 unspecified atom stereocenters. The van der Waals surface area contributed by atoms with Gasteiger partial charge in [0.15, 0.2) is 0 Å². The SMILES string of the molecule is O=[N+]([O-])c1ccc(-c2cnc(C3CCNC3)[nH]2)cc1. The second-order valence-electron chi connectivity index (χ2n) is 4.68. The molecule has 1 aromatic carbocycles. The molecule has 3 rings (SSSR count). The van der Waals surface area contributed by atoms with Crippen molar-refractivity contribution in [2.24, 2.45) is 0 Å². The average Bonchev–Trinajstić information content (AvgIpc) is 3.10. The zero-order valence-corrected chi connectivity index (χ0v) is 10.3. The van der Waals surface area contributed by atoms with Gasteiger partial charge in [-0.15, -0.1) is 0 Å². The quantitative estimate of drug-likeness (QED) is 0.652. The molecular formula is C13H14N4O2. The van der Waals surface area contributed by atoms with Crippen molar-refractivity contribution in [1.29, 1.82) is 0 Å². The Morgan fingerprint density at radius 2 is 2.11 bits per heavy atom. The predicted octanol–water partition coefficient (Wildman–Crippen LogP) is 2.06. The number of aromatic nitrogens is 2. The summed E-state index contributed by atoms with van der Waals surface area (Å²) in [4.78, 5) is 17.9. The Morgan fingerprint density at radius 3 is 2.74 bits per heavy atom. The third-order valence-electron chi connectivity index (χ3n) is 3.43. The second kappa shape index (κ2) is 4.81. The van der Waals surface area contributed by atoms with Gasteiger partial charge in [-0.3, -0.25) is 10.1 Å². The minimum atomic E-state index is -0.396. The average molecular weight is 258 g/mol. The predicted molar refractivity (Wildman–Crippen MR) is 70.9 cm³/mol. The first-order chi connectivity index (χ1) is 9.24. The highest BCUT2D eigenvalue weighted by molar-refractivity contribution is 5.60. The van der Waals surface area contributed by atoms with Gasteiger partial charge in [-0.05, 0) is 25.1 Å². The van der Waals surface area contributed by atoms with Crippen LogP contribution in [0.2, 0.25) is 0 Å². The number of nitrogens with zero attached hydrogens (tertiary/aromatic N) is 2. The summed E-state index contributed by atoms with van der Waals surface area (Å²) in [5.41, 5.74) is 1.91. The van der Waals surface area contributed by atoms with Crippen molar-refractivity contribution in [3.8, 4) is 11.3 Å². The van der Waals surface area contributed by atoms with Crippen LogP contribution in [-0.4, -0.2) is 28.0 Å². The van der Waals surface area contributed by atoms with E-state index in [-0.39, 0.29) is 5.69 Å². The van der Waals surface area contributed by atoms with Crippen LogP contribution >= 0.6 is 0 Å². The zero-order chi connectivity index (χ0) is 13.2. The number of aromatic amines is 1. The smallest absolute Gasteiger partial charge is 0.269 e. The van der Waals surface area contributed by atoms with E-state index in [0.29, 0.717) is 5.92 Å². The molecule has 1 aliphatic heterocycles. The van der Waals surface area contributed by atoms with Gasteiger partial charge in [0.05, 0.1) is 16.8 Å². The van der Waals surface area contributed by atoms with Crippen LogP contribution in [-0.2, 0) is 0 Å². The Balaban J connectivity index is 1.83. The summed E-state index contributed by atoms with van der Waals surface area (Å²) in [5.74, 6) is 1.42.